The molecule has 0 radical (unpaired) electrons. The van der Waals surface area contributed by atoms with Crippen molar-refractivity contribution in [3.8, 4) is 6.07 Å². The fourth-order valence-corrected chi connectivity index (χ4v) is 6.89. The monoisotopic (exact) mass is 435 g/mol. The Bertz CT molecular complexity index is 988. The van der Waals surface area contributed by atoms with E-state index in [1.54, 1.807) is 24.2 Å². The van der Waals surface area contributed by atoms with Gasteiger partial charge in [-0.1, -0.05) is 6.07 Å². The number of nitrogens with two attached hydrogens (primary N) is 1. The van der Waals surface area contributed by atoms with Gasteiger partial charge in [-0.2, -0.15) is 10.2 Å². The molecular formula is C23H29N7S. The van der Waals surface area contributed by atoms with Gasteiger partial charge in [-0.15, -0.1) is 11.8 Å². The van der Waals surface area contributed by atoms with E-state index in [1.165, 1.54) is 32.1 Å². The molecule has 0 amide bonds. The normalized spacial score (nSPS) is 30.7. The molecule has 0 spiro atoms. The van der Waals surface area contributed by atoms with Crippen LogP contribution in [0.1, 0.15) is 43.2 Å². The van der Waals surface area contributed by atoms with Gasteiger partial charge in [0, 0.05) is 30.9 Å². The summed E-state index contributed by atoms with van der Waals surface area (Å²) < 4.78 is 0. The molecule has 4 aliphatic rings. The maximum absolute atomic E-state index is 9.56. The highest BCUT2D eigenvalue weighted by molar-refractivity contribution is 7.98. The molecule has 2 heterocycles. The molecule has 4 aliphatic carbocycles. The van der Waals surface area contributed by atoms with Gasteiger partial charge in [0.05, 0.1) is 6.20 Å². The van der Waals surface area contributed by atoms with Crippen LogP contribution in [0, 0.1) is 34.5 Å². The first kappa shape index (κ1) is 20.5. The summed E-state index contributed by atoms with van der Waals surface area (Å²) >= 11 is 1.62. The van der Waals surface area contributed by atoms with E-state index in [2.05, 4.69) is 31.7 Å². The lowest BCUT2D eigenvalue weighted by Crippen LogP contribution is -2.58. The maximum Gasteiger partial charge on any atom is 0.224 e. The van der Waals surface area contributed by atoms with Crippen LogP contribution in [0.4, 0.5) is 11.8 Å². The van der Waals surface area contributed by atoms with Gasteiger partial charge in [0.25, 0.3) is 0 Å². The summed E-state index contributed by atoms with van der Waals surface area (Å²) in [4.78, 5) is 13.4. The van der Waals surface area contributed by atoms with Crippen LogP contribution in [-0.4, -0.2) is 33.8 Å². The number of pyridine rings is 1. The van der Waals surface area contributed by atoms with Crippen LogP contribution in [-0.2, 0) is 6.54 Å². The second kappa shape index (κ2) is 8.29. The summed E-state index contributed by atoms with van der Waals surface area (Å²) in [5.74, 6) is 3.29. The number of thioether (sulfide) groups is 1. The van der Waals surface area contributed by atoms with Crippen molar-refractivity contribution in [2.75, 3.05) is 23.4 Å². The zero-order valence-electron chi connectivity index (χ0n) is 17.8. The highest BCUT2D eigenvalue weighted by Crippen LogP contribution is 2.59. The third-order valence-corrected chi connectivity index (χ3v) is 8.25. The van der Waals surface area contributed by atoms with E-state index in [9.17, 15) is 5.26 Å². The molecule has 2 aromatic heterocycles. The Morgan fingerprint density at radius 2 is 2.03 bits per heavy atom. The fraction of sp³-hybridized carbons (Fsp3) is 0.565. The molecule has 31 heavy (non-hydrogen) atoms. The standard InChI is InChI=1S/C23H29N7S/c1-31-21-15(3-2-4-26-21)11-27-22-28-12-18(10-24)20(30-22)29-13-23-7-14-5-16(8-23)19(25)17(6-14)9-23/h2-4,12,14,16-17,19H,5-9,11,13,25H2,1H3,(H2,27,28,29,30)/t14?,16-,17+,19-,23-. The van der Waals surface area contributed by atoms with Crippen molar-refractivity contribution in [3.05, 3.63) is 35.7 Å². The number of hydrogen-bond acceptors (Lipinski definition) is 8. The average molecular weight is 436 g/mol. The maximum atomic E-state index is 9.56. The summed E-state index contributed by atoms with van der Waals surface area (Å²) in [6.07, 6.45) is 11.7. The quantitative estimate of drug-likeness (QED) is 0.565. The predicted octanol–water partition coefficient (Wildman–Crippen LogP) is 3.64. The van der Waals surface area contributed by atoms with E-state index >= 15 is 0 Å². The minimum absolute atomic E-state index is 0.292. The molecule has 7 nitrogen and oxygen atoms in total. The van der Waals surface area contributed by atoms with Gasteiger partial charge >= 0.3 is 0 Å². The Morgan fingerprint density at radius 3 is 2.77 bits per heavy atom. The molecule has 4 fully saturated rings. The molecule has 4 bridgehead atoms. The second-order valence-electron chi connectivity index (χ2n) is 9.49. The van der Waals surface area contributed by atoms with Gasteiger partial charge in [-0.3, -0.25) is 0 Å². The molecule has 8 heteroatoms. The Balaban J connectivity index is 1.29. The van der Waals surface area contributed by atoms with E-state index in [0.29, 0.717) is 47.2 Å². The minimum atomic E-state index is 0.292. The summed E-state index contributed by atoms with van der Waals surface area (Å²) in [6, 6.07) is 6.59. The van der Waals surface area contributed by atoms with Crippen LogP contribution in [0.3, 0.4) is 0 Å². The third kappa shape index (κ3) is 3.97. The summed E-state index contributed by atoms with van der Waals surface area (Å²) in [7, 11) is 0. The Kier molecular flexibility index (Phi) is 5.49. The predicted molar refractivity (Wildman–Crippen MR) is 123 cm³/mol. The minimum Gasteiger partial charge on any atom is -0.368 e. The van der Waals surface area contributed by atoms with Crippen LogP contribution in [0.5, 0.6) is 0 Å². The Hall–Kier alpha value is -2.37. The molecule has 0 aliphatic heterocycles. The van der Waals surface area contributed by atoms with Crippen molar-refractivity contribution in [1.82, 2.24) is 15.0 Å². The van der Waals surface area contributed by atoms with Gasteiger partial charge in [0.1, 0.15) is 22.5 Å². The summed E-state index contributed by atoms with van der Waals surface area (Å²) in [5.41, 5.74) is 8.38. The van der Waals surface area contributed by atoms with E-state index in [4.69, 9.17) is 5.73 Å². The molecule has 6 rings (SSSR count). The molecule has 0 aromatic carbocycles. The van der Waals surface area contributed by atoms with E-state index in [1.807, 2.05) is 18.4 Å². The lowest BCUT2D eigenvalue weighted by atomic mass is 9.48. The SMILES string of the molecule is CSc1ncccc1CNc1ncc(C#N)c(NC[C@]23CC4C[C@H](C2)[C@@H](N)[C@@H](C4)C3)n1. The number of nitrogens with one attached hydrogen (secondary N) is 2. The molecule has 5 atom stereocenters. The lowest BCUT2D eigenvalue weighted by Gasteiger charge is -2.59. The number of anilines is 2. The number of nitrogens with zero attached hydrogens (tertiary/aromatic N) is 4. The first-order chi connectivity index (χ1) is 15.1. The fourth-order valence-electron chi connectivity index (χ4n) is 6.32. The highest BCUT2D eigenvalue weighted by Gasteiger charge is 2.54. The first-order valence-corrected chi connectivity index (χ1v) is 12.3. The van der Waals surface area contributed by atoms with Gasteiger partial charge < -0.3 is 16.4 Å². The molecule has 2 aromatic rings. The molecular weight excluding hydrogens is 406 g/mol. The van der Waals surface area contributed by atoms with Crippen molar-refractivity contribution in [3.63, 3.8) is 0 Å². The zero-order chi connectivity index (χ0) is 21.4. The largest absolute Gasteiger partial charge is 0.368 e. The van der Waals surface area contributed by atoms with Gasteiger partial charge in [-0.25, -0.2) is 9.97 Å². The van der Waals surface area contributed by atoms with Crippen LogP contribution >= 0.6 is 11.8 Å². The summed E-state index contributed by atoms with van der Waals surface area (Å²) in [6.45, 7) is 1.44. The number of hydrogen-bond donors (Lipinski definition) is 3. The van der Waals surface area contributed by atoms with Crippen molar-refractivity contribution >= 4 is 23.5 Å². The van der Waals surface area contributed by atoms with Crippen LogP contribution in [0.15, 0.2) is 29.6 Å². The van der Waals surface area contributed by atoms with Gasteiger partial charge in [-0.05, 0) is 67.6 Å². The van der Waals surface area contributed by atoms with E-state index < -0.39 is 0 Å². The number of aromatic nitrogens is 3. The highest BCUT2D eigenvalue weighted by atomic mass is 32.2. The Morgan fingerprint density at radius 1 is 1.23 bits per heavy atom. The van der Waals surface area contributed by atoms with E-state index in [-0.39, 0.29) is 0 Å². The smallest absolute Gasteiger partial charge is 0.224 e. The van der Waals surface area contributed by atoms with Gasteiger partial charge in [0.15, 0.2) is 0 Å². The zero-order valence-corrected chi connectivity index (χ0v) is 18.7. The molecule has 4 saturated carbocycles. The van der Waals surface area contributed by atoms with Crippen molar-refractivity contribution in [1.29, 1.82) is 5.26 Å². The Labute approximate surface area is 187 Å². The van der Waals surface area contributed by atoms with Crippen molar-refractivity contribution in [2.45, 2.75) is 49.7 Å². The second-order valence-corrected chi connectivity index (χ2v) is 10.3. The van der Waals surface area contributed by atoms with Gasteiger partial charge in [0.2, 0.25) is 5.95 Å². The molecule has 4 N–H and O–H groups in total. The van der Waals surface area contributed by atoms with Crippen LogP contribution < -0.4 is 16.4 Å². The van der Waals surface area contributed by atoms with Crippen molar-refractivity contribution in [2.24, 2.45) is 28.9 Å². The first-order valence-electron chi connectivity index (χ1n) is 11.1. The molecule has 1 unspecified atom stereocenters. The van der Waals surface area contributed by atoms with Crippen molar-refractivity contribution < 1.29 is 0 Å². The number of rotatable bonds is 7. The third-order valence-electron chi connectivity index (χ3n) is 7.49. The topological polar surface area (TPSA) is 113 Å². The summed E-state index contributed by atoms with van der Waals surface area (Å²) in [5, 5.41) is 17.4. The van der Waals surface area contributed by atoms with Crippen LogP contribution in [0.2, 0.25) is 0 Å². The van der Waals surface area contributed by atoms with E-state index in [0.717, 1.165) is 23.1 Å². The number of nitriles is 1. The lowest BCUT2D eigenvalue weighted by molar-refractivity contribution is -0.0591. The average Bonchev–Trinajstić information content (AvgIpc) is 2.79. The van der Waals surface area contributed by atoms with Crippen LogP contribution in [0.25, 0.3) is 0 Å². The molecule has 162 valence electrons. The molecule has 0 saturated heterocycles.